The van der Waals surface area contributed by atoms with Crippen molar-refractivity contribution in [3.05, 3.63) is 0 Å². The lowest BCUT2D eigenvalue weighted by Gasteiger charge is -2.40. The van der Waals surface area contributed by atoms with Crippen molar-refractivity contribution in [3.63, 3.8) is 0 Å². The van der Waals surface area contributed by atoms with Gasteiger partial charge in [0.05, 0.1) is 31.5 Å². The average Bonchev–Trinajstić information content (AvgIpc) is 2.11. The molecule has 0 saturated carbocycles. The molecule has 0 aromatic heterocycles. The van der Waals surface area contributed by atoms with Crippen LogP contribution >= 0.6 is 0 Å². The maximum Gasteiger partial charge on any atom is 0.308 e. The van der Waals surface area contributed by atoms with E-state index in [9.17, 15) is 13.2 Å². The summed E-state index contributed by atoms with van der Waals surface area (Å²) < 4.78 is 38.3. The predicted octanol–water partition coefficient (Wildman–Crippen LogP) is 0.504. The topological polar surface area (TPSA) is 78.9 Å². The van der Waals surface area contributed by atoms with Crippen LogP contribution in [-0.2, 0) is 28.8 Å². The number of carbonyl (C=O) groups excluding carboxylic acids is 1. The molecule has 0 radical (unpaired) electrons. The first kappa shape index (κ1) is 15.4. The van der Waals surface area contributed by atoms with Crippen molar-refractivity contribution in [1.29, 1.82) is 0 Å². The largest absolute Gasteiger partial charge is 0.469 e. The smallest absolute Gasteiger partial charge is 0.308 e. The fourth-order valence-corrected chi connectivity index (χ4v) is 2.93. The number of methoxy groups -OCH3 is 1. The molecule has 1 fully saturated rings. The summed E-state index contributed by atoms with van der Waals surface area (Å²) in [5.74, 6) is -1.35. The highest BCUT2D eigenvalue weighted by Gasteiger charge is 2.37. The Labute approximate surface area is 108 Å². The Morgan fingerprint density at radius 2 is 1.89 bits per heavy atom. The first-order chi connectivity index (χ1) is 8.11. The molecule has 0 aromatic rings. The minimum atomic E-state index is -3.13. The Morgan fingerprint density at radius 1 is 1.33 bits per heavy atom. The molecule has 0 unspecified atom stereocenters. The third kappa shape index (κ3) is 5.32. The van der Waals surface area contributed by atoms with E-state index in [4.69, 9.17) is 9.47 Å². The van der Waals surface area contributed by atoms with Gasteiger partial charge in [-0.3, -0.25) is 4.79 Å². The fraction of sp³-hybridized carbons (Fsp3) is 0.909. The summed E-state index contributed by atoms with van der Waals surface area (Å²) in [4.78, 5) is 11.2. The highest BCUT2D eigenvalue weighted by Crippen LogP contribution is 2.29. The molecule has 1 rings (SSSR count). The molecule has 0 aliphatic carbocycles. The number of hydrogen-bond donors (Lipinski definition) is 0. The molecule has 0 bridgehead atoms. The summed E-state index contributed by atoms with van der Waals surface area (Å²) in [5.41, 5.74) is 0. The van der Waals surface area contributed by atoms with Crippen molar-refractivity contribution in [2.45, 2.75) is 44.7 Å². The Morgan fingerprint density at radius 3 is 2.39 bits per heavy atom. The summed E-state index contributed by atoms with van der Waals surface area (Å²) in [5, 5.41) is 0. The van der Waals surface area contributed by atoms with Crippen LogP contribution in [0.4, 0.5) is 0 Å². The lowest BCUT2D eigenvalue weighted by Crippen LogP contribution is -2.47. The molecule has 7 heteroatoms. The molecule has 0 spiro atoms. The SMILES string of the molecule is COC(=O)C[C@H]1C[C@@H](CS(C)(=O)=O)OC(C)(C)O1. The van der Waals surface area contributed by atoms with Gasteiger partial charge < -0.3 is 14.2 Å². The third-order valence-corrected chi connectivity index (χ3v) is 3.51. The number of rotatable bonds is 4. The molecule has 0 aromatic carbocycles. The van der Waals surface area contributed by atoms with E-state index in [0.29, 0.717) is 6.42 Å². The van der Waals surface area contributed by atoms with E-state index in [1.54, 1.807) is 13.8 Å². The molecule has 1 aliphatic rings. The Bertz CT molecular complexity index is 400. The third-order valence-electron chi connectivity index (χ3n) is 2.54. The molecule has 6 nitrogen and oxygen atoms in total. The maximum absolute atomic E-state index is 11.3. The molecular formula is C11H20O6S. The summed E-state index contributed by atoms with van der Waals surface area (Å²) in [7, 11) is -1.82. The van der Waals surface area contributed by atoms with E-state index < -0.39 is 21.7 Å². The molecule has 0 amide bonds. The van der Waals surface area contributed by atoms with Crippen LogP contribution in [0.15, 0.2) is 0 Å². The maximum atomic E-state index is 11.3. The van der Waals surface area contributed by atoms with E-state index in [0.717, 1.165) is 6.26 Å². The van der Waals surface area contributed by atoms with Crippen molar-refractivity contribution in [2.75, 3.05) is 19.1 Å². The molecule has 2 atom stereocenters. The fourth-order valence-electron chi connectivity index (χ4n) is 2.05. The highest BCUT2D eigenvalue weighted by molar-refractivity contribution is 7.90. The van der Waals surface area contributed by atoms with Gasteiger partial charge in [-0.25, -0.2) is 8.42 Å². The molecule has 106 valence electrons. The van der Waals surface area contributed by atoms with E-state index in [1.165, 1.54) is 7.11 Å². The molecular weight excluding hydrogens is 260 g/mol. The minimum Gasteiger partial charge on any atom is -0.469 e. The second-order valence-electron chi connectivity index (χ2n) is 4.99. The van der Waals surface area contributed by atoms with Gasteiger partial charge >= 0.3 is 5.97 Å². The minimum absolute atomic E-state index is 0.0720. The van der Waals surface area contributed by atoms with E-state index in [2.05, 4.69) is 4.74 Å². The normalized spacial score (nSPS) is 27.8. The molecule has 1 heterocycles. The zero-order valence-electron chi connectivity index (χ0n) is 11.1. The lowest BCUT2D eigenvalue weighted by atomic mass is 10.1. The van der Waals surface area contributed by atoms with Crippen LogP contribution < -0.4 is 0 Å². The van der Waals surface area contributed by atoms with Crippen LogP contribution in [0.2, 0.25) is 0 Å². The van der Waals surface area contributed by atoms with Crippen molar-refractivity contribution in [1.82, 2.24) is 0 Å². The zero-order chi connectivity index (χ0) is 14.0. The molecule has 1 saturated heterocycles. The second kappa shape index (κ2) is 5.54. The monoisotopic (exact) mass is 280 g/mol. The highest BCUT2D eigenvalue weighted by atomic mass is 32.2. The average molecular weight is 280 g/mol. The molecule has 18 heavy (non-hydrogen) atoms. The summed E-state index contributed by atoms with van der Waals surface area (Å²) in [6.45, 7) is 3.40. The number of carbonyl (C=O) groups is 1. The van der Waals surface area contributed by atoms with E-state index in [-0.39, 0.29) is 24.2 Å². The second-order valence-corrected chi connectivity index (χ2v) is 7.17. The van der Waals surface area contributed by atoms with Gasteiger partial charge in [-0.15, -0.1) is 0 Å². The van der Waals surface area contributed by atoms with Gasteiger partial charge in [-0.1, -0.05) is 0 Å². The van der Waals surface area contributed by atoms with Gasteiger partial charge in [0.1, 0.15) is 9.84 Å². The van der Waals surface area contributed by atoms with Crippen LogP contribution in [0.25, 0.3) is 0 Å². The first-order valence-corrected chi connectivity index (χ1v) is 7.77. The van der Waals surface area contributed by atoms with E-state index >= 15 is 0 Å². The van der Waals surface area contributed by atoms with Gasteiger partial charge in [0.2, 0.25) is 0 Å². The summed E-state index contributed by atoms with van der Waals surface area (Å²) in [6, 6.07) is 0. The van der Waals surface area contributed by atoms with Crippen LogP contribution in [0.3, 0.4) is 0 Å². The number of ether oxygens (including phenoxy) is 3. The quantitative estimate of drug-likeness (QED) is 0.698. The van der Waals surface area contributed by atoms with Crippen LogP contribution in [0.5, 0.6) is 0 Å². The van der Waals surface area contributed by atoms with Crippen molar-refractivity contribution >= 4 is 15.8 Å². The summed E-state index contributed by atoms with van der Waals surface area (Å²) in [6.07, 6.45) is 0.787. The zero-order valence-corrected chi connectivity index (χ0v) is 12.0. The first-order valence-electron chi connectivity index (χ1n) is 5.71. The van der Waals surface area contributed by atoms with Crippen molar-refractivity contribution < 1.29 is 27.4 Å². The number of hydrogen-bond acceptors (Lipinski definition) is 6. The van der Waals surface area contributed by atoms with Gasteiger partial charge in [0, 0.05) is 12.7 Å². The van der Waals surface area contributed by atoms with Gasteiger partial charge in [0.15, 0.2) is 5.79 Å². The van der Waals surface area contributed by atoms with Crippen LogP contribution in [0, 0.1) is 0 Å². The van der Waals surface area contributed by atoms with Crippen molar-refractivity contribution in [3.8, 4) is 0 Å². The standard InChI is InChI=1S/C11H20O6S/c1-11(2)16-8(6-10(12)15-3)5-9(17-11)7-18(4,13)14/h8-9H,5-7H2,1-4H3/t8-,9+/m1/s1. The number of esters is 1. The predicted molar refractivity (Wildman–Crippen MR) is 64.8 cm³/mol. The van der Waals surface area contributed by atoms with Gasteiger partial charge in [0.25, 0.3) is 0 Å². The molecule has 1 aliphatic heterocycles. The number of sulfone groups is 1. The Balaban J connectivity index is 2.69. The van der Waals surface area contributed by atoms with E-state index in [1.807, 2.05) is 0 Å². The lowest BCUT2D eigenvalue weighted by molar-refractivity contribution is -0.295. The Kier molecular flexibility index (Phi) is 4.74. The van der Waals surface area contributed by atoms with Gasteiger partial charge in [-0.05, 0) is 13.8 Å². The summed E-state index contributed by atoms with van der Waals surface area (Å²) >= 11 is 0. The van der Waals surface area contributed by atoms with Gasteiger partial charge in [-0.2, -0.15) is 0 Å². The van der Waals surface area contributed by atoms with Crippen LogP contribution in [-0.4, -0.2) is 51.5 Å². The van der Waals surface area contributed by atoms with Crippen molar-refractivity contribution in [2.24, 2.45) is 0 Å². The molecule has 0 N–H and O–H groups in total. The van der Waals surface area contributed by atoms with Crippen LogP contribution in [0.1, 0.15) is 26.7 Å². The Hall–Kier alpha value is -0.660.